The summed E-state index contributed by atoms with van der Waals surface area (Å²) in [5.74, 6) is 0.637. The summed E-state index contributed by atoms with van der Waals surface area (Å²) >= 11 is 12.6. The van der Waals surface area contributed by atoms with Crippen molar-refractivity contribution in [1.29, 1.82) is 0 Å². The van der Waals surface area contributed by atoms with Gasteiger partial charge in [-0.1, -0.05) is 23.8 Å². The summed E-state index contributed by atoms with van der Waals surface area (Å²) < 4.78 is 5.61. The van der Waals surface area contributed by atoms with Gasteiger partial charge in [0.25, 0.3) is 0 Å². The van der Waals surface area contributed by atoms with Crippen molar-refractivity contribution in [3.8, 4) is 5.75 Å². The molecule has 0 fully saturated rings. The van der Waals surface area contributed by atoms with Gasteiger partial charge >= 0.3 is 0 Å². The van der Waals surface area contributed by atoms with Gasteiger partial charge in [0, 0.05) is 5.56 Å². The molecule has 0 radical (unpaired) electrons. The lowest BCUT2D eigenvalue weighted by atomic mass is 10.2. The first-order chi connectivity index (χ1) is 8.16. The summed E-state index contributed by atoms with van der Waals surface area (Å²) in [6.45, 7) is 0.510. The average molecular weight is 284 g/mol. The predicted octanol–water partition coefficient (Wildman–Crippen LogP) is 3.61. The van der Waals surface area contributed by atoms with Crippen LogP contribution in [0.25, 0.3) is 0 Å². The van der Waals surface area contributed by atoms with Crippen molar-refractivity contribution in [1.82, 2.24) is 0 Å². The number of ether oxygens (including phenoxy) is 1. The number of halogens is 1. The number of hydrogen-bond donors (Lipinski definition) is 1. The van der Waals surface area contributed by atoms with E-state index in [0.29, 0.717) is 22.4 Å². The summed E-state index contributed by atoms with van der Waals surface area (Å²) in [4.78, 5) is 0.330. The molecule has 0 aliphatic carbocycles. The molecule has 0 aliphatic heterocycles. The molecule has 2 nitrogen and oxygen atoms in total. The first-order valence-electron chi connectivity index (χ1n) is 4.90. The number of rotatable bonds is 4. The number of hydrogen-bond acceptors (Lipinski definition) is 3. The molecule has 1 aromatic heterocycles. The molecule has 0 spiro atoms. The number of thiocarbonyl (C=S) groups is 1. The summed E-state index contributed by atoms with van der Waals surface area (Å²) in [5, 5.41) is 4.57. The van der Waals surface area contributed by atoms with Crippen LogP contribution in [-0.4, -0.2) is 4.99 Å². The topological polar surface area (TPSA) is 35.2 Å². The third kappa shape index (κ3) is 3.19. The highest BCUT2D eigenvalue weighted by atomic mass is 35.5. The largest absolute Gasteiger partial charge is 0.487 e. The maximum atomic E-state index is 6.08. The van der Waals surface area contributed by atoms with E-state index in [1.54, 1.807) is 29.5 Å². The van der Waals surface area contributed by atoms with Crippen LogP contribution in [0.2, 0.25) is 5.02 Å². The fourth-order valence-corrected chi connectivity index (χ4v) is 2.32. The van der Waals surface area contributed by atoms with Crippen molar-refractivity contribution in [2.24, 2.45) is 5.73 Å². The highest BCUT2D eigenvalue weighted by Gasteiger charge is 2.05. The van der Waals surface area contributed by atoms with Crippen molar-refractivity contribution in [2.75, 3.05) is 0 Å². The molecular weight excluding hydrogens is 274 g/mol. The van der Waals surface area contributed by atoms with E-state index < -0.39 is 0 Å². The minimum absolute atomic E-state index is 0.330. The summed E-state index contributed by atoms with van der Waals surface area (Å²) in [6, 6.07) is 7.31. The van der Waals surface area contributed by atoms with Gasteiger partial charge in [0.05, 0.1) is 5.02 Å². The second-order valence-corrected chi connectivity index (χ2v) is 5.06. The van der Waals surface area contributed by atoms with Gasteiger partial charge in [0.15, 0.2) is 0 Å². The second-order valence-electron chi connectivity index (χ2n) is 3.43. The van der Waals surface area contributed by atoms with Crippen LogP contribution < -0.4 is 10.5 Å². The Labute approximate surface area is 114 Å². The third-order valence-corrected chi connectivity index (χ3v) is 3.45. The molecule has 1 aromatic carbocycles. The molecule has 2 N–H and O–H groups in total. The monoisotopic (exact) mass is 283 g/mol. The molecule has 2 aromatic rings. The Hall–Kier alpha value is -1.10. The van der Waals surface area contributed by atoms with Crippen LogP contribution in [0, 0.1) is 0 Å². The van der Waals surface area contributed by atoms with Gasteiger partial charge in [-0.05, 0) is 40.6 Å². The second kappa shape index (κ2) is 5.49. The molecule has 0 saturated heterocycles. The van der Waals surface area contributed by atoms with Crippen molar-refractivity contribution in [2.45, 2.75) is 6.61 Å². The van der Waals surface area contributed by atoms with E-state index in [2.05, 4.69) is 0 Å². The molecule has 0 aliphatic rings. The maximum Gasteiger partial charge on any atom is 0.138 e. The van der Waals surface area contributed by atoms with Crippen molar-refractivity contribution in [3.05, 3.63) is 51.2 Å². The van der Waals surface area contributed by atoms with Crippen LogP contribution in [0.5, 0.6) is 5.75 Å². The quantitative estimate of drug-likeness (QED) is 0.871. The Morgan fingerprint density at radius 3 is 2.82 bits per heavy atom. The number of nitrogens with two attached hydrogens (primary N) is 1. The van der Waals surface area contributed by atoms with E-state index in [4.69, 9.17) is 34.3 Å². The Morgan fingerprint density at radius 1 is 1.41 bits per heavy atom. The highest BCUT2D eigenvalue weighted by Crippen LogP contribution is 2.26. The normalized spacial score (nSPS) is 10.2. The van der Waals surface area contributed by atoms with E-state index in [9.17, 15) is 0 Å². The summed E-state index contributed by atoms with van der Waals surface area (Å²) in [7, 11) is 0. The van der Waals surface area contributed by atoms with Crippen molar-refractivity contribution < 1.29 is 4.74 Å². The summed E-state index contributed by atoms with van der Waals surface area (Å²) in [5.41, 5.74) is 7.39. The molecule has 1 heterocycles. The van der Waals surface area contributed by atoms with Gasteiger partial charge < -0.3 is 10.5 Å². The van der Waals surface area contributed by atoms with Crippen LogP contribution in [0.1, 0.15) is 11.1 Å². The molecule has 0 amide bonds. The fourth-order valence-electron chi connectivity index (χ4n) is 1.31. The van der Waals surface area contributed by atoms with Gasteiger partial charge in [0.2, 0.25) is 0 Å². The molecular formula is C12H10ClNOS2. The van der Waals surface area contributed by atoms with Gasteiger partial charge in [-0.25, -0.2) is 0 Å². The molecule has 0 unspecified atom stereocenters. The van der Waals surface area contributed by atoms with Crippen LogP contribution >= 0.6 is 35.2 Å². The number of thiophene rings is 1. The standard InChI is InChI=1S/C12H10ClNOS2/c13-10-5-9(12(14)16)1-2-11(10)15-6-8-3-4-17-7-8/h1-5,7H,6H2,(H2,14,16). The van der Waals surface area contributed by atoms with Crippen LogP contribution in [0.15, 0.2) is 35.0 Å². The Morgan fingerprint density at radius 2 is 2.24 bits per heavy atom. The molecule has 0 atom stereocenters. The van der Waals surface area contributed by atoms with E-state index in [0.717, 1.165) is 11.1 Å². The van der Waals surface area contributed by atoms with Crippen molar-refractivity contribution in [3.63, 3.8) is 0 Å². The smallest absolute Gasteiger partial charge is 0.138 e. The molecule has 2 rings (SSSR count). The lowest BCUT2D eigenvalue weighted by Gasteiger charge is -2.08. The van der Waals surface area contributed by atoms with Gasteiger partial charge in [-0.15, -0.1) is 0 Å². The van der Waals surface area contributed by atoms with E-state index >= 15 is 0 Å². The summed E-state index contributed by atoms with van der Waals surface area (Å²) in [6.07, 6.45) is 0. The predicted molar refractivity (Wildman–Crippen MR) is 76.0 cm³/mol. The van der Waals surface area contributed by atoms with E-state index in [1.165, 1.54) is 0 Å². The molecule has 17 heavy (non-hydrogen) atoms. The van der Waals surface area contributed by atoms with Crippen LogP contribution in [0.3, 0.4) is 0 Å². The minimum atomic E-state index is 0.330. The zero-order valence-electron chi connectivity index (χ0n) is 8.85. The maximum absolute atomic E-state index is 6.08. The third-order valence-electron chi connectivity index (χ3n) is 2.19. The molecule has 0 saturated carbocycles. The van der Waals surface area contributed by atoms with Gasteiger partial charge in [-0.2, -0.15) is 11.3 Å². The first-order valence-corrected chi connectivity index (χ1v) is 6.63. The fraction of sp³-hybridized carbons (Fsp3) is 0.0833. The lowest BCUT2D eigenvalue weighted by Crippen LogP contribution is -2.09. The first kappa shape index (κ1) is 12.4. The average Bonchev–Trinajstić information content (AvgIpc) is 2.80. The Bertz CT molecular complexity index is 525. The SMILES string of the molecule is NC(=S)c1ccc(OCc2ccsc2)c(Cl)c1. The Kier molecular flexibility index (Phi) is 3.99. The van der Waals surface area contributed by atoms with Crippen LogP contribution in [0.4, 0.5) is 0 Å². The zero-order chi connectivity index (χ0) is 12.3. The van der Waals surface area contributed by atoms with E-state index in [1.807, 2.05) is 16.8 Å². The number of benzene rings is 1. The molecule has 0 bridgehead atoms. The van der Waals surface area contributed by atoms with Gasteiger partial charge in [0.1, 0.15) is 17.3 Å². The van der Waals surface area contributed by atoms with E-state index in [-0.39, 0.29) is 0 Å². The molecule has 88 valence electrons. The van der Waals surface area contributed by atoms with Crippen LogP contribution in [-0.2, 0) is 6.61 Å². The molecule has 5 heteroatoms. The lowest BCUT2D eigenvalue weighted by molar-refractivity contribution is 0.307. The Balaban J connectivity index is 2.09. The zero-order valence-corrected chi connectivity index (χ0v) is 11.2. The van der Waals surface area contributed by atoms with Crippen molar-refractivity contribution >= 4 is 40.1 Å². The van der Waals surface area contributed by atoms with Gasteiger partial charge in [-0.3, -0.25) is 0 Å². The minimum Gasteiger partial charge on any atom is -0.487 e. The highest BCUT2D eigenvalue weighted by molar-refractivity contribution is 7.80.